The second kappa shape index (κ2) is 16.1. The van der Waals surface area contributed by atoms with Crippen LogP contribution in [0.1, 0.15) is 6.92 Å². The average Bonchev–Trinajstić information content (AvgIpc) is 1.83. The number of rotatable bonds is 2. The maximum atomic E-state index is 9.75. The molecule has 0 fully saturated rings. The van der Waals surface area contributed by atoms with Gasteiger partial charge in [0.2, 0.25) is 0 Å². The Bertz CT molecular complexity index is 287. The van der Waals surface area contributed by atoms with Gasteiger partial charge in [-0.1, -0.05) is 18.2 Å². The van der Waals surface area contributed by atoms with Crippen LogP contribution in [0.4, 0.5) is 0 Å². The van der Waals surface area contributed by atoms with E-state index in [0.29, 0.717) is 0 Å². The van der Waals surface area contributed by atoms with Crippen LogP contribution in [0.25, 0.3) is 0 Å². The zero-order chi connectivity index (χ0) is 10.9. The molecular weight excluding hydrogens is 278 g/mol. The minimum Gasteiger partial charge on any atom is -0.759 e. The summed E-state index contributed by atoms with van der Waals surface area (Å²) in [6.07, 6.45) is 5.98. The zero-order valence-corrected chi connectivity index (χ0v) is 15.8. The van der Waals surface area contributed by atoms with E-state index in [9.17, 15) is 4.79 Å². The van der Waals surface area contributed by atoms with Crippen molar-refractivity contribution in [2.75, 3.05) is 0 Å². The summed E-state index contributed by atoms with van der Waals surface area (Å²) in [5.74, 6) is -0.914. The molecule has 0 aliphatic heterocycles. The molecule has 0 saturated heterocycles. The first-order valence-electron chi connectivity index (χ1n) is 2.96. The molecule has 0 unspecified atom stereocenters. The van der Waals surface area contributed by atoms with Gasteiger partial charge in [-0.3, -0.25) is 8.42 Å². The van der Waals surface area contributed by atoms with Crippen LogP contribution in [0.2, 0.25) is 0 Å². The molecule has 0 heterocycles. The Kier molecular flexibility index (Phi) is 27.7. The molecule has 0 atom stereocenters. The second-order valence-electron chi connectivity index (χ2n) is 1.63. The molecule has 0 aromatic rings. The molecule has 6 nitrogen and oxygen atoms in total. The quantitative estimate of drug-likeness (QED) is 0.177. The van der Waals surface area contributed by atoms with Crippen LogP contribution in [0.5, 0.6) is 0 Å². The second-order valence-corrected chi connectivity index (χ2v) is 2.45. The molecular formula is C6H8K2O6S. The van der Waals surface area contributed by atoms with E-state index in [1.54, 1.807) is 12.2 Å². The summed E-state index contributed by atoms with van der Waals surface area (Å²) in [7, 11) is -5.17. The summed E-state index contributed by atoms with van der Waals surface area (Å²) < 4.78 is 34.1. The van der Waals surface area contributed by atoms with Gasteiger partial charge in [-0.05, 0) is 6.92 Å². The monoisotopic (exact) mass is 286 g/mol. The van der Waals surface area contributed by atoms with Gasteiger partial charge < -0.3 is 14.2 Å². The fraction of sp³-hybridized carbons (Fsp3) is 0.167. The van der Waals surface area contributed by atoms with Gasteiger partial charge in [0, 0.05) is 16.5 Å². The van der Waals surface area contributed by atoms with Crippen molar-refractivity contribution in [2.24, 2.45) is 0 Å². The third-order valence-electron chi connectivity index (χ3n) is 0.542. The fourth-order valence-corrected chi connectivity index (χ4v) is 0.249. The van der Waals surface area contributed by atoms with Crippen molar-refractivity contribution in [1.29, 1.82) is 0 Å². The van der Waals surface area contributed by atoms with E-state index in [1.165, 1.54) is 6.08 Å². The van der Waals surface area contributed by atoms with E-state index in [0.717, 1.165) is 6.08 Å². The summed E-state index contributed by atoms with van der Waals surface area (Å²) in [5, 5.41) is 8.02. The molecule has 0 radical (unpaired) electrons. The molecule has 9 heteroatoms. The summed E-state index contributed by atoms with van der Waals surface area (Å²) in [4.78, 5) is 9.75. The van der Waals surface area contributed by atoms with Gasteiger partial charge >= 0.3 is 109 Å². The number of aliphatic carboxylic acids is 1. The largest absolute Gasteiger partial charge is 1.00 e. The summed E-state index contributed by atoms with van der Waals surface area (Å²) >= 11 is 0. The van der Waals surface area contributed by atoms with E-state index in [1.807, 2.05) is 6.92 Å². The molecule has 0 bridgehead atoms. The van der Waals surface area contributed by atoms with Crippen molar-refractivity contribution in [3.63, 3.8) is 0 Å². The van der Waals surface area contributed by atoms with E-state index in [4.69, 9.17) is 22.6 Å². The van der Waals surface area contributed by atoms with Crippen LogP contribution in [0.3, 0.4) is 0 Å². The standard InChI is InChI=1S/C6H8O2.2K.H2O4S/c1-2-3-4-5-6(7)8;;;1-5(2,3)4/h2-5H,1H3,(H,7,8);;;(H2,1,2,3,4)/q;2*+1;/p-2/b3-2+,5-4+;;;. The van der Waals surface area contributed by atoms with Gasteiger partial charge in [-0.25, -0.2) is 4.79 Å². The van der Waals surface area contributed by atoms with E-state index in [-0.39, 0.29) is 103 Å². The first kappa shape index (κ1) is 25.8. The van der Waals surface area contributed by atoms with Gasteiger partial charge in [-0.2, -0.15) is 0 Å². The zero-order valence-electron chi connectivity index (χ0n) is 8.71. The maximum Gasteiger partial charge on any atom is 1.00 e. The summed E-state index contributed by atoms with van der Waals surface area (Å²) in [5.41, 5.74) is 0. The fourth-order valence-electron chi connectivity index (χ4n) is 0.249. The third kappa shape index (κ3) is 63.5. The summed E-state index contributed by atoms with van der Waals surface area (Å²) in [6, 6.07) is 0. The Morgan fingerprint density at radius 2 is 1.53 bits per heavy atom. The molecule has 1 N–H and O–H groups in total. The smallest absolute Gasteiger partial charge is 0.759 e. The number of hydrogen-bond donors (Lipinski definition) is 1. The molecule has 0 aliphatic rings. The minimum atomic E-state index is -5.17. The number of hydrogen-bond acceptors (Lipinski definition) is 5. The van der Waals surface area contributed by atoms with E-state index < -0.39 is 16.4 Å². The number of allylic oxidation sites excluding steroid dienone is 3. The van der Waals surface area contributed by atoms with Gasteiger partial charge in [0.05, 0.1) is 0 Å². The minimum absolute atomic E-state index is 0. The van der Waals surface area contributed by atoms with E-state index >= 15 is 0 Å². The first-order valence-corrected chi connectivity index (χ1v) is 4.29. The van der Waals surface area contributed by atoms with Crippen molar-refractivity contribution < 1.29 is 130 Å². The summed E-state index contributed by atoms with van der Waals surface area (Å²) in [6.45, 7) is 1.83. The molecule has 0 amide bonds. The van der Waals surface area contributed by atoms with Gasteiger partial charge in [0.25, 0.3) is 0 Å². The van der Waals surface area contributed by atoms with Crippen LogP contribution >= 0.6 is 0 Å². The Morgan fingerprint density at radius 3 is 1.73 bits per heavy atom. The van der Waals surface area contributed by atoms with Crippen molar-refractivity contribution in [1.82, 2.24) is 0 Å². The van der Waals surface area contributed by atoms with Gasteiger partial charge in [-0.15, -0.1) is 0 Å². The number of carboxylic acids is 1. The maximum absolute atomic E-state index is 9.75. The van der Waals surface area contributed by atoms with Crippen LogP contribution in [0, 0.1) is 0 Å². The molecule has 76 valence electrons. The Hall–Kier alpha value is 2.09. The van der Waals surface area contributed by atoms with Crippen molar-refractivity contribution in [3.8, 4) is 0 Å². The SMILES string of the molecule is C/C=C/C=C/C(=O)O.O=S(=O)([O-])[O-].[K+].[K+]. The molecule has 15 heavy (non-hydrogen) atoms. The molecule has 0 rings (SSSR count). The third-order valence-corrected chi connectivity index (χ3v) is 0.542. The van der Waals surface area contributed by atoms with Crippen molar-refractivity contribution >= 4 is 16.4 Å². The molecule has 0 saturated carbocycles. The Morgan fingerprint density at radius 1 is 1.20 bits per heavy atom. The van der Waals surface area contributed by atoms with Crippen LogP contribution in [0.15, 0.2) is 24.3 Å². The van der Waals surface area contributed by atoms with E-state index in [2.05, 4.69) is 0 Å². The molecule has 0 spiro atoms. The van der Waals surface area contributed by atoms with Crippen molar-refractivity contribution in [3.05, 3.63) is 24.3 Å². The normalized spacial score (nSPS) is 9.80. The molecule has 0 aromatic carbocycles. The van der Waals surface area contributed by atoms with Crippen LogP contribution in [-0.4, -0.2) is 28.6 Å². The Balaban J connectivity index is -0.0000000770. The van der Waals surface area contributed by atoms with Crippen molar-refractivity contribution in [2.45, 2.75) is 6.92 Å². The predicted molar refractivity (Wildman–Crippen MR) is 42.1 cm³/mol. The van der Waals surface area contributed by atoms with Crippen LogP contribution in [-0.2, 0) is 15.2 Å². The van der Waals surface area contributed by atoms with Crippen LogP contribution < -0.4 is 103 Å². The topological polar surface area (TPSA) is 118 Å². The Labute approximate surface area is 174 Å². The number of carbonyl (C=O) groups is 1. The number of carboxylic acid groups (broad SMARTS) is 1. The predicted octanol–water partition coefficient (Wildman–Crippen LogP) is -6.13. The van der Waals surface area contributed by atoms with Gasteiger partial charge in [0.15, 0.2) is 0 Å². The average molecular weight is 286 g/mol. The first-order chi connectivity index (χ1) is 5.77. The molecule has 0 aliphatic carbocycles. The van der Waals surface area contributed by atoms with Gasteiger partial charge in [0.1, 0.15) is 0 Å². The molecule has 0 aromatic heterocycles.